The molecule has 5 N–H and O–H groups in total. The van der Waals surface area contributed by atoms with E-state index in [0.29, 0.717) is 13.1 Å². The maximum Gasteiger partial charge on any atom is 0.247 e. The number of benzene rings is 1. The summed E-state index contributed by atoms with van der Waals surface area (Å²) in [5, 5.41) is 16.1. The van der Waals surface area contributed by atoms with Crippen molar-refractivity contribution in [2.45, 2.75) is 76.4 Å². The highest BCUT2D eigenvalue weighted by molar-refractivity contribution is 8.00. The molecule has 1 aromatic carbocycles. The standard InChI is InChI=1S/C27H39N5O4S2/c1-17-23(37-16-30-17)20-9-7-19(8-10-20)14-29-25(35)22-13-21(34)15-32(22)26(36)24(31-18(2)33)27(3,4)38-12-6-5-11-28/h7-10,16,21-22,24,34H,5-6,11-15,28H2,1-4H3,(H,29,35)(H,31,33)/t21-,22+,24-/m1/s1. The Kier molecular flexibility index (Phi) is 10.7. The summed E-state index contributed by atoms with van der Waals surface area (Å²) in [6.45, 7) is 8.13. The first-order valence-corrected chi connectivity index (χ1v) is 14.8. The number of β-amino-alcohol motifs (C(OH)–C–C–N with tert-alkyl or cyclic N) is 1. The lowest BCUT2D eigenvalue weighted by molar-refractivity contribution is -0.142. The van der Waals surface area contributed by atoms with Gasteiger partial charge in [-0.25, -0.2) is 4.98 Å². The van der Waals surface area contributed by atoms with Gasteiger partial charge in [-0.05, 0) is 57.0 Å². The van der Waals surface area contributed by atoms with Crippen molar-refractivity contribution in [3.05, 3.63) is 41.0 Å². The van der Waals surface area contributed by atoms with Crippen molar-refractivity contribution < 1.29 is 19.5 Å². The highest BCUT2D eigenvalue weighted by Gasteiger charge is 2.45. The number of unbranched alkanes of at least 4 members (excludes halogenated alkanes) is 1. The molecule has 2 heterocycles. The first kappa shape index (κ1) is 30.1. The van der Waals surface area contributed by atoms with Crippen molar-refractivity contribution in [1.29, 1.82) is 0 Å². The van der Waals surface area contributed by atoms with E-state index >= 15 is 0 Å². The molecule has 3 rings (SSSR count). The number of aliphatic hydroxyl groups is 1. The second kappa shape index (κ2) is 13.5. The lowest BCUT2D eigenvalue weighted by atomic mass is 10.0. The Bertz CT molecular complexity index is 1110. The van der Waals surface area contributed by atoms with Crippen LogP contribution in [0, 0.1) is 6.92 Å². The molecule has 0 radical (unpaired) electrons. The van der Waals surface area contributed by atoms with Crippen LogP contribution in [-0.2, 0) is 20.9 Å². The minimum atomic E-state index is -0.841. The maximum absolute atomic E-state index is 13.7. The zero-order chi connectivity index (χ0) is 27.9. The third-order valence-electron chi connectivity index (χ3n) is 6.66. The van der Waals surface area contributed by atoms with Gasteiger partial charge in [0.25, 0.3) is 0 Å². The number of rotatable bonds is 12. The Morgan fingerprint density at radius 1 is 1.26 bits per heavy atom. The van der Waals surface area contributed by atoms with Crippen LogP contribution in [0.15, 0.2) is 29.8 Å². The number of aryl methyl sites for hydroxylation is 1. The number of nitrogens with two attached hydrogens (primary N) is 1. The van der Waals surface area contributed by atoms with Crippen LogP contribution in [0.25, 0.3) is 10.4 Å². The Balaban J connectivity index is 1.67. The van der Waals surface area contributed by atoms with Gasteiger partial charge in [0.2, 0.25) is 17.7 Å². The summed E-state index contributed by atoms with van der Waals surface area (Å²) in [5.74, 6) is -0.219. The zero-order valence-electron chi connectivity index (χ0n) is 22.5. The second-order valence-electron chi connectivity index (χ2n) is 10.2. The molecule has 2 aromatic rings. The van der Waals surface area contributed by atoms with E-state index in [1.54, 1.807) is 23.1 Å². The van der Waals surface area contributed by atoms with E-state index in [1.165, 1.54) is 11.8 Å². The van der Waals surface area contributed by atoms with E-state index in [1.807, 2.05) is 50.5 Å². The summed E-state index contributed by atoms with van der Waals surface area (Å²) in [6.07, 6.45) is 1.13. The van der Waals surface area contributed by atoms with E-state index in [4.69, 9.17) is 5.73 Å². The number of nitrogens with one attached hydrogen (secondary N) is 2. The molecule has 11 heteroatoms. The lowest BCUT2D eigenvalue weighted by Gasteiger charge is -2.37. The fourth-order valence-corrected chi connectivity index (χ4v) is 6.55. The predicted molar refractivity (Wildman–Crippen MR) is 153 cm³/mol. The van der Waals surface area contributed by atoms with Gasteiger partial charge in [0, 0.05) is 31.2 Å². The largest absolute Gasteiger partial charge is 0.391 e. The number of thiazole rings is 1. The van der Waals surface area contributed by atoms with Gasteiger partial charge in [-0.15, -0.1) is 11.3 Å². The van der Waals surface area contributed by atoms with Gasteiger partial charge in [-0.1, -0.05) is 24.3 Å². The number of hydrogen-bond acceptors (Lipinski definition) is 8. The quantitative estimate of drug-likeness (QED) is 0.292. The highest BCUT2D eigenvalue weighted by Crippen LogP contribution is 2.32. The number of aliphatic hydroxyl groups excluding tert-OH is 1. The van der Waals surface area contributed by atoms with E-state index in [2.05, 4.69) is 15.6 Å². The number of amides is 3. The Morgan fingerprint density at radius 2 is 1.97 bits per heavy atom. The van der Waals surface area contributed by atoms with Gasteiger partial charge in [-0.3, -0.25) is 14.4 Å². The van der Waals surface area contributed by atoms with E-state index in [0.717, 1.165) is 40.3 Å². The van der Waals surface area contributed by atoms with E-state index < -0.39 is 22.9 Å². The van der Waals surface area contributed by atoms with Gasteiger partial charge in [0.1, 0.15) is 12.1 Å². The average Bonchev–Trinajstić information content (AvgIpc) is 3.49. The third-order valence-corrected chi connectivity index (χ3v) is 9.11. The summed E-state index contributed by atoms with van der Waals surface area (Å²) >= 11 is 3.18. The summed E-state index contributed by atoms with van der Waals surface area (Å²) in [5.41, 5.74) is 10.4. The molecule has 1 aliphatic heterocycles. The molecule has 1 saturated heterocycles. The molecule has 0 aliphatic carbocycles. The van der Waals surface area contributed by atoms with Crippen LogP contribution < -0.4 is 16.4 Å². The van der Waals surface area contributed by atoms with Crippen LogP contribution in [-0.4, -0.2) is 74.5 Å². The first-order chi connectivity index (χ1) is 18.0. The van der Waals surface area contributed by atoms with Crippen molar-refractivity contribution in [3.63, 3.8) is 0 Å². The number of likely N-dealkylation sites (tertiary alicyclic amines) is 1. The van der Waals surface area contributed by atoms with Gasteiger partial charge < -0.3 is 26.4 Å². The lowest BCUT2D eigenvalue weighted by Crippen LogP contribution is -2.59. The van der Waals surface area contributed by atoms with Crippen molar-refractivity contribution >= 4 is 40.8 Å². The fraction of sp³-hybridized carbons (Fsp3) is 0.556. The van der Waals surface area contributed by atoms with Crippen LogP contribution >= 0.6 is 23.1 Å². The number of aromatic nitrogens is 1. The molecule has 38 heavy (non-hydrogen) atoms. The SMILES string of the molecule is CC(=O)N[C@H](C(=O)N1C[C@H](O)C[C@H]1C(=O)NCc1ccc(-c2scnc2C)cc1)C(C)(C)SCCCCN. The van der Waals surface area contributed by atoms with Crippen molar-refractivity contribution in [1.82, 2.24) is 20.5 Å². The van der Waals surface area contributed by atoms with E-state index in [-0.39, 0.29) is 30.7 Å². The number of carbonyl (C=O) groups excluding carboxylic acids is 3. The smallest absolute Gasteiger partial charge is 0.247 e. The summed E-state index contributed by atoms with van der Waals surface area (Å²) in [6, 6.07) is 6.26. The molecular weight excluding hydrogens is 522 g/mol. The topological polar surface area (TPSA) is 138 Å². The molecule has 0 bridgehead atoms. The van der Waals surface area contributed by atoms with Crippen LogP contribution in [0.2, 0.25) is 0 Å². The minimum absolute atomic E-state index is 0.0455. The zero-order valence-corrected chi connectivity index (χ0v) is 24.2. The van der Waals surface area contributed by atoms with Gasteiger partial charge in [0.15, 0.2) is 0 Å². The van der Waals surface area contributed by atoms with Crippen molar-refractivity contribution in [2.75, 3.05) is 18.8 Å². The van der Waals surface area contributed by atoms with Crippen LogP contribution in [0.1, 0.15) is 51.3 Å². The first-order valence-electron chi connectivity index (χ1n) is 12.9. The summed E-state index contributed by atoms with van der Waals surface area (Å²) in [4.78, 5) is 45.7. The van der Waals surface area contributed by atoms with Crippen molar-refractivity contribution in [3.8, 4) is 10.4 Å². The minimum Gasteiger partial charge on any atom is -0.391 e. The average molecular weight is 562 g/mol. The monoisotopic (exact) mass is 561 g/mol. The molecule has 9 nitrogen and oxygen atoms in total. The molecule has 0 spiro atoms. The van der Waals surface area contributed by atoms with Crippen LogP contribution in [0.3, 0.4) is 0 Å². The van der Waals surface area contributed by atoms with Crippen molar-refractivity contribution in [2.24, 2.45) is 5.73 Å². The highest BCUT2D eigenvalue weighted by atomic mass is 32.2. The van der Waals surface area contributed by atoms with Gasteiger partial charge in [0.05, 0.1) is 22.2 Å². The molecule has 0 saturated carbocycles. The fourth-order valence-electron chi connectivity index (χ4n) is 4.53. The number of nitrogens with zero attached hydrogens (tertiary/aromatic N) is 2. The molecule has 1 fully saturated rings. The summed E-state index contributed by atoms with van der Waals surface area (Å²) in [7, 11) is 0. The molecule has 3 atom stereocenters. The van der Waals surface area contributed by atoms with Crippen LogP contribution in [0.4, 0.5) is 0 Å². The molecule has 0 unspecified atom stereocenters. The summed E-state index contributed by atoms with van der Waals surface area (Å²) < 4.78 is -0.621. The Morgan fingerprint density at radius 3 is 2.58 bits per heavy atom. The number of carbonyl (C=O) groups is 3. The van der Waals surface area contributed by atoms with Gasteiger partial charge in [-0.2, -0.15) is 11.8 Å². The number of thioether (sulfide) groups is 1. The van der Waals surface area contributed by atoms with Gasteiger partial charge >= 0.3 is 0 Å². The third kappa shape index (κ3) is 7.78. The molecule has 1 aliphatic rings. The van der Waals surface area contributed by atoms with E-state index in [9.17, 15) is 19.5 Å². The Labute approximate surface area is 233 Å². The number of hydrogen-bond donors (Lipinski definition) is 4. The molecule has 1 aromatic heterocycles. The predicted octanol–water partition coefficient (Wildman–Crippen LogP) is 2.45. The molecular formula is C27H39N5O4S2. The second-order valence-corrected chi connectivity index (χ2v) is 12.8. The maximum atomic E-state index is 13.7. The normalized spacial score (nSPS) is 18.3. The molecule has 208 valence electrons. The van der Waals surface area contributed by atoms with Crippen LogP contribution in [0.5, 0.6) is 0 Å². The molecule has 3 amide bonds. The Hall–Kier alpha value is -2.47.